The molecule has 0 saturated heterocycles. The van der Waals surface area contributed by atoms with Crippen LogP contribution in [0, 0.1) is 0 Å². The second-order valence-electron chi connectivity index (χ2n) is 3.16. The Hall–Kier alpha value is -2.70. The fourth-order valence-electron chi connectivity index (χ4n) is 1.17. The molecule has 1 aromatic carbocycles. The number of phenolic OH excluding ortho intramolecular Hbond substituents is 2. The van der Waals surface area contributed by atoms with Gasteiger partial charge < -0.3 is 20.1 Å². The van der Waals surface area contributed by atoms with Crippen LogP contribution in [0.25, 0.3) is 0 Å². The molecule has 4 N–H and O–H groups in total. The van der Waals surface area contributed by atoms with Gasteiger partial charge in [-0.2, -0.15) is 0 Å². The van der Waals surface area contributed by atoms with E-state index in [2.05, 4.69) is 20.3 Å². The van der Waals surface area contributed by atoms with Gasteiger partial charge in [0.1, 0.15) is 11.5 Å². The van der Waals surface area contributed by atoms with Crippen LogP contribution in [0.2, 0.25) is 0 Å². The summed E-state index contributed by atoms with van der Waals surface area (Å²) in [6.45, 7) is 0. The van der Waals surface area contributed by atoms with Crippen LogP contribution in [0.5, 0.6) is 11.5 Å². The summed E-state index contributed by atoms with van der Waals surface area (Å²) < 4.78 is 4.67. The molecule has 0 fully saturated rings. The number of hydrogen-bond donors (Lipinski definition) is 4. The largest absolute Gasteiger partial charge is 0.508 e. The van der Waals surface area contributed by atoms with Crippen molar-refractivity contribution < 1.29 is 19.5 Å². The van der Waals surface area contributed by atoms with E-state index in [9.17, 15) is 9.90 Å². The summed E-state index contributed by atoms with van der Waals surface area (Å²) in [5.41, 5.74) is 0.166. The molecule has 0 bridgehead atoms. The van der Waals surface area contributed by atoms with Crippen LogP contribution in [0.3, 0.4) is 0 Å². The number of nitrogens with zero attached hydrogens (tertiary/aromatic N) is 1. The molecule has 0 unspecified atom stereocenters. The van der Waals surface area contributed by atoms with Crippen molar-refractivity contribution in [2.75, 3.05) is 10.6 Å². The second-order valence-corrected chi connectivity index (χ2v) is 3.16. The van der Waals surface area contributed by atoms with Gasteiger partial charge in [0.05, 0.1) is 11.9 Å². The molecule has 7 nitrogen and oxygen atoms in total. The number of aromatic hydroxyl groups is 2. The number of carbonyl (C=O) groups is 1. The van der Waals surface area contributed by atoms with Gasteiger partial charge in [0, 0.05) is 12.1 Å². The SMILES string of the molecule is O=C(Nc1ccno1)Nc1ccc(O)cc1O. The molecule has 17 heavy (non-hydrogen) atoms. The van der Waals surface area contributed by atoms with Gasteiger partial charge in [0.2, 0.25) is 5.88 Å². The molecule has 88 valence electrons. The molecule has 0 saturated carbocycles. The zero-order valence-corrected chi connectivity index (χ0v) is 8.54. The second kappa shape index (κ2) is 4.44. The number of hydrogen-bond acceptors (Lipinski definition) is 5. The molecule has 0 aliphatic carbocycles. The van der Waals surface area contributed by atoms with Crippen molar-refractivity contribution >= 4 is 17.6 Å². The highest BCUT2D eigenvalue weighted by atomic mass is 16.5. The Bertz CT molecular complexity index is 524. The predicted molar refractivity (Wildman–Crippen MR) is 58.9 cm³/mol. The van der Waals surface area contributed by atoms with Crippen molar-refractivity contribution in [3.05, 3.63) is 30.5 Å². The average Bonchev–Trinajstić information content (AvgIpc) is 2.75. The van der Waals surface area contributed by atoms with Gasteiger partial charge in [-0.3, -0.25) is 5.32 Å². The van der Waals surface area contributed by atoms with Crippen molar-refractivity contribution in [1.29, 1.82) is 0 Å². The van der Waals surface area contributed by atoms with Crippen LogP contribution < -0.4 is 10.6 Å². The minimum absolute atomic E-state index is 0.0938. The van der Waals surface area contributed by atoms with E-state index in [0.29, 0.717) is 0 Å². The molecule has 2 aromatic rings. The van der Waals surface area contributed by atoms with E-state index < -0.39 is 6.03 Å². The van der Waals surface area contributed by atoms with Crippen molar-refractivity contribution in [2.24, 2.45) is 0 Å². The summed E-state index contributed by atoms with van der Waals surface area (Å²) >= 11 is 0. The fraction of sp³-hybridized carbons (Fsp3) is 0. The quantitative estimate of drug-likeness (QED) is 0.468. The van der Waals surface area contributed by atoms with Gasteiger partial charge in [0.25, 0.3) is 0 Å². The molecular weight excluding hydrogens is 226 g/mol. The third-order valence-electron chi connectivity index (χ3n) is 1.90. The Morgan fingerprint density at radius 3 is 2.71 bits per heavy atom. The van der Waals surface area contributed by atoms with Crippen LogP contribution in [0.4, 0.5) is 16.4 Å². The Morgan fingerprint density at radius 1 is 1.24 bits per heavy atom. The van der Waals surface area contributed by atoms with E-state index in [1.54, 1.807) is 0 Å². The lowest BCUT2D eigenvalue weighted by Crippen LogP contribution is -2.19. The maximum atomic E-state index is 11.4. The first-order valence-electron chi connectivity index (χ1n) is 4.66. The number of phenols is 2. The third kappa shape index (κ3) is 2.65. The predicted octanol–water partition coefficient (Wildman–Crippen LogP) is 1.73. The molecule has 0 aliphatic heterocycles. The number of aromatic nitrogens is 1. The van der Waals surface area contributed by atoms with E-state index in [0.717, 1.165) is 6.07 Å². The van der Waals surface area contributed by atoms with E-state index in [1.807, 2.05) is 0 Å². The van der Waals surface area contributed by atoms with Gasteiger partial charge in [-0.25, -0.2) is 4.79 Å². The van der Waals surface area contributed by atoms with Gasteiger partial charge in [-0.1, -0.05) is 5.16 Å². The Balaban J connectivity index is 2.03. The Kier molecular flexibility index (Phi) is 2.82. The lowest BCUT2D eigenvalue weighted by Gasteiger charge is -2.07. The van der Waals surface area contributed by atoms with Crippen LogP contribution >= 0.6 is 0 Å². The summed E-state index contributed by atoms with van der Waals surface area (Å²) in [6, 6.07) is 4.69. The van der Waals surface area contributed by atoms with Gasteiger partial charge in [-0.15, -0.1) is 0 Å². The lowest BCUT2D eigenvalue weighted by atomic mass is 10.3. The standard InChI is InChI=1S/C10H9N3O4/c14-6-1-2-7(8(15)5-6)12-10(16)13-9-3-4-11-17-9/h1-5,14-15H,(H2,12,13,16). The molecule has 7 heteroatoms. The van der Waals surface area contributed by atoms with Gasteiger partial charge in [0.15, 0.2) is 0 Å². The number of carbonyl (C=O) groups excluding carboxylic acids is 1. The van der Waals surface area contributed by atoms with Crippen LogP contribution in [0.15, 0.2) is 35.0 Å². The van der Waals surface area contributed by atoms with Crippen LogP contribution in [-0.4, -0.2) is 21.4 Å². The van der Waals surface area contributed by atoms with Crippen molar-refractivity contribution in [2.45, 2.75) is 0 Å². The Labute approximate surface area is 95.7 Å². The van der Waals surface area contributed by atoms with Crippen molar-refractivity contribution in [3.8, 4) is 11.5 Å². The van der Waals surface area contributed by atoms with E-state index in [4.69, 9.17) is 5.11 Å². The summed E-state index contributed by atoms with van der Waals surface area (Å²) in [5, 5.41) is 26.6. The first-order chi connectivity index (χ1) is 8.15. The minimum Gasteiger partial charge on any atom is -0.508 e. The first-order valence-corrected chi connectivity index (χ1v) is 4.66. The molecule has 1 heterocycles. The monoisotopic (exact) mass is 235 g/mol. The molecule has 0 aliphatic rings. The average molecular weight is 235 g/mol. The maximum Gasteiger partial charge on any atom is 0.326 e. The highest BCUT2D eigenvalue weighted by Crippen LogP contribution is 2.27. The normalized spacial score (nSPS) is 9.88. The van der Waals surface area contributed by atoms with Gasteiger partial charge in [-0.05, 0) is 12.1 Å². The zero-order valence-electron chi connectivity index (χ0n) is 8.54. The number of anilines is 2. The topological polar surface area (TPSA) is 108 Å². The van der Waals surface area contributed by atoms with Gasteiger partial charge >= 0.3 is 6.03 Å². The molecule has 2 rings (SSSR count). The highest BCUT2D eigenvalue weighted by Gasteiger charge is 2.08. The highest BCUT2D eigenvalue weighted by molar-refractivity contribution is 5.99. The first kappa shape index (κ1) is 10.8. The number of nitrogens with one attached hydrogen (secondary N) is 2. The number of urea groups is 1. The molecule has 0 atom stereocenters. The van der Waals surface area contributed by atoms with Crippen molar-refractivity contribution in [3.63, 3.8) is 0 Å². The summed E-state index contributed by atoms with van der Waals surface area (Å²) in [6.07, 6.45) is 1.38. The lowest BCUT2D eigenvalue weighted by molar-refractivity contribution is 0.261. The number of rotatable bonds is 2. The van der Waals surface area contributed by atoms with E-state index in [-0.39, 0.29) is 23.1 Å². The van der Waals surface area contributed by atoms with Crippen LogP contribution in [0.1, 0.15) is 0 Å². The van der Waals surface area contributed by atoms with E-state index in [1.165, 1.54) is 24.4 Å². The van der Waals surface area contributed by atoms with E-state index >= 15 is 0 Å². The summed E-state index contributed by atoms with van der Waals surface area (Å²) in [7, 11) is 0. The maximum absolute atomic E-state index is 11.4. The smallest absolute Gasteiger partial charge is 0.326 e. The number of benzene rings is 1. The fourth-order valence-corrected chi connectivity index (χ4v) is 1.17. The summed E-state index contributed by atoms with van der Waals surface area (Å²) in [4.78, 5) is 11.4. The number of amides is 2. The van der Waals surface area contributed by atoms with Crippen LogP contribution in [-0.2, 0) is 0 Å². The molecule has 0 spiro atoms. The van der Waals surface area contributed by atoms with Crippen molar-refractivity contribution in [1.82, 2.24) is 5.16 Å². The molecule has 0 radical (unpaired) electrons. The summed E-state index contributed by atoms with van der Waals surface area (Å²) in [5.74, 6) is -0.151. The minimum atomic E-state index is -0.595. The third-order valence-corrected chi connectivity index (χ3v) is 1.90. The molecular formula is C10H9N3O4. The molecule has 1 aromatic heterocycles. The molecule has 2 amide bonds. The Morgan fingerprint density at radius 2 is 2.06 bits per heavy atom. The zero-order chi connectivity index (χ0) is 12.3.